The molecular weight excluding hydrogens is 414 g/mol. The first-order valence-electron chi connectivity index (χ1n) is 8.73. The highest BCUT2D eigenvalue weighted by atomic mass is 32.2. The van der Waals surface area contributed by atoms with E-state index in [1.54, 1.807) is 6.92 Å². The highest BCUT2D eigenvalue weighted by Gasteiger charge is 2.36. The number of aryl methyl sites for hydroxylation is 1. The van der Waals surface area contributed by atoms with Gasteiger partial charge in [0, 0.05) is 11.3 Å². The van der Waals surface area contributed by atoms with Crippen LogP contribution in [-0.4, -0.2) is 49.2 Å². The van der Waals surface area contributed by atoms with Crippen molar-refractivity contribution in [3.05, 3.63) is 47.5 Å². The molecule has 2 aromatic heterocycles. The Morgan fingerprint density at radius 3 is 2.80 bits per heavy atom. The summed E-state index contributed by atoms with van der Waals surface area (Å²) in [5.74, 6) is -1.04. The van der Waals surface area contributed by atoms with Gasteiger partial charge in [-0.2, -0.15) is 5.10 Å². The quantitative estimate of drug-likeness (QED) is 0.587. The molecule has 2 N–H and O–H groups in total. The van der Waals surface area contributed by atoms with Crippen LogP contribution in [0.3, 0.4) is 0 Å². The number of methoxy groups -OCH3 is 1. The number of ether oxygens (including phenoxy) is 2. The largest absolute Gasteiger partial charge is 0.513 e. The summed E-state index contributed by atoms with van der Waals surface area (Å²) in [5.41, 5.74) is 2.29. The van der Waals surface area contributed by atoms with Gasteiger partial charge in [0.1, 0.15) is 12.2 Å². The first kappa shape index (κ1) is 19.8. The zero-order valence-electron chi connectivity index (χ0n) is 16.2. The summed E-state index contributed by atoms with van der Waals surface area (Å²) in [6.07, 6.45) is 1.85. The predicted octanol–water partition coefficient (Wildman–Crippen LogP) is 1.18. The Labute approximate surface area is 171 Å². The molecule has 0 spiro atoms. The van der Waals surface area contributed by atoms with Gasteiger partial charge in [0.25, 0.3) is 0 Å². The smallest absolute Gasteiger partial charge is 0.437 e. The number of nitrogens with one attached hydrogen (secondary N) is 2. The molecule has 0 bridgehead atoms. The fourth-order valence-corrected chi connectivity index (χ4v) is 4.17. The highest BCUT2D eigenvalue weighted by Crippen LogP contribution is 2.40. The van der Waals surface area contributed by atoms with E-state index in [4.69, 9.17) is 4.74 Å². The van der Waals surface area contributed by atoms with Crippen molar-refractivity contribution in [3.8, 4) is 5.75 Å². The summed E-state index contributed by atoms with van der Waals surface area (Å²) in [7, 11) is -1.20. The average molecular weight is 431 g/mol. The van der Waals surface area contributed by atoms with Crippen molar-refractivity contribution in [2.45, 2.75) is 17.7 Å². The number of carbonyl (C=O) groups is 2. The molecule has 3 aromatic rings. The molecule has 0 saturated carbocycles. The van der Waals surface area contributed by atoms with E-state index in [0.717, 1.165) is 0 Å². The van der Waals surface area contributed by atoms with Gasteiger partial charge in [-0.1, -0.05) is 0 Å². The van der Waals surface area contributed by atoms with Crippen LogP contribution in [-0.2, 0) is 19.6 Å². The third-order valence-electron chi connectivity index (χ3n) is 4.88. The number of sulfonamides is 1. The monoisotopic (exact) mass is 431 g/mol. The van der Waals surface area contributed by atoms with E-state index in [2.05, 4.69) is 24.9 Å². The molecule has 0 saturated heterocycles. The lowest BCUT2D eigenvalue weighted by atomic mass is 9.95. The molecule has 30 heavy (non-hydrogen) atoms. The van der Waals surface area contributed by atoms with E-state index in [1.807, 2.05) is 0 Å². The summed E-state index contributed by atoms with van der Waals surface area (Å²) in [6, 6.07) is 4.38. The fraction of sp³-hybridized carbons (Fsp3) is 0.222. The first-order valence-corrected chi connectivity index (χ1v) is 10.2. The number of rotatable bonds is 4. The number of benzene rings is 1. The molecule has 0 aliphatic carbocycles. The number of carbonyl (C=O) groups excluding carboxylic acids is 2. The predicted molar refractivity (Wildman–Crippen MR) is 104 cm³/mol. The standard InChI is InChI=1S/C18H17N5O6S/c1-9-13(29-18(25)28-3)7-23-16(9)15(20-8-21-23)14-11-6-10(30(26,27)19-2)4-5-12(11)22-17(14)24/h4-8,14,19H,1-3H3,(H,22,24). The Bertz CT molecular complexity index is 1300. The normalized spacial score (nSPS) is 15.7. The lowest BCUT2D eigenvalue weighted by molar-refractivity contribution is -0.116. The van der Waals surface area contributed by atoms with Crippen LogP contribution in [0.5, 0.6) is 5.75 Å². The van der Waals surface area contributed by atoms with Crippen molar-refractivity contribution in [1.82, 2.24) is 19.3 Å². The average Bonchev–Trinajstić information content (AvgIpc) is 3.23. The summed E-state index contributed by atoms with van der Waals surface area (Å²) >= 11 is 0. The minimum atomic E-state index is -3.70. The molecule has 11 nitrogen and oxygen atoms in total. The van der Waals surface area contributed by atoms with Gasteiger partial charge in [-0.3, -0.25) is 4.79 Å². The number of amides is 1. The fourth-order valence-electron chi connectivity index (χ4n) is 3.41. The number of aromatic nitrogens is 3. The minimum absolute atomic E-state index is 0.0251. The van der Waals surface area contributed by atoms with Crippen molar-refractivity contribution in [3.63, 3.8) is 0 Å². The Balaban J connectivity index is 1.89. The second-order valence-electron chi connectivity index (χ2n) is 6.49. The van der Waals surface area contributed by atoms with Crippen molar-refractivity contribution in [2.75, 3.05) is 19.5 Å². The molecule has 156 valence electrons. The Hall–Kier alpha value is -3.51. The molecule has 3 heterocycles. The molecule has 4 rings (SSSR count). The van der Waals surface area contributed by atoms with Gasteiger partial charge in [0.05, 0.1) is 29.4 Å². The van der Waals surface area contributed by atoms with Crippen molar-refractivity contribution in [2.24, 2.45) is 0 Å². The van der Waals surface area contributed by atoms with Gasteiger partial charge in [-0.05, 0) is 37.7 Å². The molecule has 0 fully saturated rings. The second-order valence-corrected chi connectivity index (χ2v) is 8.38. The Kier molecular flexibility index (Phi) is 4.67. The maximum absolute atomic E-state index is 12.8. The van der Waals surface area contributed by atoms with Crippen LogP contribution in [0.25, 0.3) is 5.52 Å². The Morgan fingerprint density at radius 1 is 1.33 bits per heavy atom. The molecular formula is C18H17N5O6S. The van der Waals surface area contributed by atoms with E-state index in [1.165, 1.54) is 49.4 Å². The maximum Gasteiger partial charge on any atom is 0.513 e. The van der Waals surface area contributed by atoms with Crippen LogP contribution in [0.2, 0.25) is 0 Å². The zero-order chi connectivity index (χ0) is 21.6. The van der Waals surface area contributed by atoms with E-state index in [-0.39, 0.29) is 16.6 Å². The molecule has 0 radical (unpaired) electrons. The Morgan fingerprint density at radius 2 is 2.10 bits per heavy atom. The van der Waals surface area contributed by atoms with E-state index in [0.29, 0.717) is 28.0 Å². The summed E-state index contributed by atoms with van der Waals surface area (Å²) in [5, 5.41) is 6.86. The molecule has 1 aliphatic heterocycles. The molecule has 1 unspecified atom stereocenters. The molecule has 12 heteroatoms. The van der Waals surface area contributed by atoms with Crippen molar-refractivity contribution < 1.29 is 27.5 Å². The maximum atomic E-state index is 12.8. The topological polar surface area (TPSA) is 141 Å². The van der Waals surface area contributed by atoms with E-state index < -0.39 is 22.1 Å². The molecule has 1 aliphatic rings. The van der Waals surface area contributed by atoms with Crippen LogP contribution in [0.15, 0.2) is 35.6 Å². The number of nitrogens with zero attached hydrogens (tertiary/aromatic N) is 3. The number of hydrogen-bond acceptors (Lipinski definition) is 8. The second kappa shape index (κ2) is 7.07. The summed E-state index contributed by atoms with van der Waals surface area (Å²) in [6.45, 7) is 1.69. The summed E-state index contributed by atoms with van der Waals surface area (Å²) < 4.78 is 37.8. The summed E-state index contributed by atoms with van der Waals surface area (Å²) in [4.78, 5) is 28.6. The van der Waals surface area contributed by atoms with Gasteiger partial charge in [-0.15, -0.1) is 0 Å². The third-order valence-corrected chi connectivity index (χ3v) is 6.29. The van der Waals surface area contributed by atoms with Crippen LogP contribution < -0.4 is 14.8 Å². The lowest BCUT2D eigenvalue weighted by Gasteiger charge is -2.12. The molecule has 1 amide bonds. The van der Waals surface area contributed by atoms with Gasteiger partial charge in [0.2, 0.25) is 15.9 Å². The molecule has 1 aromatic carbocycles. The highest BCUT2D eigenvalue weighted by molar-refractivity contribution is 7.89. The van der Waals surface area contributed by atoms with Gasteiger partial charge in [-0.25, -0.2) is 27.4 Å². The van der Waals surface area contributed by atoms with Gasteiger partial charge >= 0.3 is 6.16 Å². The zero-order valence-corrected chi connectivity index (χ0v) is 17.0. The van der Waals surface area contributed by atoms with Crippen LogP contribution in [0, 0.1) is 6.92 Å². The third kappa shape index (κ3) is 3.06. The van der Waals surface area contributed by atoms with Crippen LogP contribution in [0.4, 0.5) is 10.5 Å². The first-order chi connectivity index (χ1) is 14.3. The van der Waals surface area contributed by atoms with Crippen molar-refractivity contribution >= 4 is 33.3 Å². The van der Waals surface area contributed by atoms with E-state index in [9.17, 15) is 18.0 Å². The number of fused-ring (bicyclic) bond motifs is 2. The SMILES string of the molecule is CNS(=O)(=O)c1ccc2c(c1)C(c1ncnn3cc(OC(=O)OC)c(C)c13)C(=O)N2. The number of hydrogen-bond donors (Lipinski definition) is 2. The van der Waals surface area contributed by atoms with Crippen molar-refractivity contribution in [1.29, 1.82) is 0 Å². The molecule has 1 atom stereocenters. The lowest BCUT2D eigenvalue weighted by Crippen LogP contribution is -2.19. The minimum Gasteiger partial charge on any atom is -0.437 e. The van der Waals surface area contributed by atoms with E-state index >= 15 is 0 Å². The van der Waals surface area contributed by atoms with Crippen LogP contribution >= 0.6 is 0 Å². The van der Waals surface area contributed by atoms with Gasteiger partial charge < -0.3 is 14.8 Å². The van der Waals surface area contributed by atoms with Crippen LogP contribution in [0.1, 0.15) is 22.7 Å². The van der Waals surface area contributed by atoms with Gasteiger partial charge in [0.15, 0.2) is 5.75 Å². The number of anilines is 1.